The van der Waals surface area contributed by atoms with E-state index in [-0.39, 0.29) is 5.97 Å². The smallest absolute Gasteiger partial charge is 0.334 e. The molecule has 1 aromatic rings. The molecule has 0 atom stereocenters. The predicted molar refractivity (Wildman–Crippen MR) is 127 cm³/mol. The molecule has 0 unspecified atom stereocenters. The second-order valence-electron chi connectivity index (χ2n) is 9.41. The molecule has 0 aromatic heterocycles. The number of carbonyl (C=O) groups is 2. The Hall–Kier alpha value is -2.05. The summed E-state index contributed by atoms with van der Waals surface area (Å²) in [6, 6.07) is 8.06. The number of rotatable bonds is 7. The lowest BCUT2D eigenvalue weighted by molar-refractivity contribution is -0.168. The SMILES string of the molecule is NC(=O)C1(OC(=O)C2=CCCC2)CCC(CCN2CCN(c3ccc(Cl)cc3)CC2)CC1. The van der Waals surface area contributed by atoms with E-state index in [1.54, 1.807) is 0 Å². The first-order chi connectivity index (χ1) is 15.4. The van der Waals surface area contributed by atoms with Crippen LogP contribution in [0.1, 0.15) is 51.4 Å². The van der Waals surface area contributed by atoms with E-state index in [1.807, 2.05) is 18.2 Å². The maximum absolute atomic E-state index is 12.5. The Labute approximate surface area is 195 Å². The molecule has 2 fully saturated rings. The normalized spacial score (nSPS) is 26.6. The van der Waals surface area contributed by atoms with Gasteiger partial charge in [0.15, 0.2) is 5.60 Å². The van der Waals surface area contributed by atoms with Gasteiger partial charge >= 0.3 is 5.97 Å². The van der Waals surface area contributed by atoms with Gasteiger partial charge in [-0.2, -0.15) is 0 Å². The minimum absolute atomic E-state index is 0.349. The van der Waals surface area contributed by atoms with Crippen molar-refractivity contribution in [3.8, 4) is 0 Å². The van der Waals surface area contributed by atoms with Crippen LogP contribution in [-0.4, -0.2) is 55.1 Å². The van der Waals surface area contributed by atoms with E-state index >= 15 is 0 Å². The molecule has 3 aliphatic rings. The molecular formula is C25H34ClN3O3. The Balaban J connectivity index is 1.21. The molecule has 1 saturated carbocycles. The van der Waals surface area contributed by atoms with Gasteiger partial charge in [-0.3, -0.25) is 9.69 Å². The Morgan fingerprint density at radius 1 is 1.09 bits per heavy atom. The molecule has 0 bridgehead atoms. The number of amides is 1. The minimum atomic E-state index is -1.12. The third-order valence-electron chi connectivity index (χ3n) is 7.37. The molecule has 0 spiro atoms. The molecule has 1 aromatic carbocycles. The first-order valence-electron chi connectivity index (χ1n) is 11.9. The second kappa shape index (κ2) is 10.3. The number of ether oxygens (including phenoxy) is 1. The molecule has 174 valence electrons. The first kappa shape index (κ1) is 23.1. The Morgan fingerprint density at radius 3 is 2.38 bits per heavy atom. The standard InChI is InChI=1S/C25H34ClN3O3/c26-21-5-7-22(8-6-21)29-17-15-28(16-18-29)14-11-19-9-12-25(13-10-19,24(27)31)32-23(30)20-3-1-2-4-20/h3,5-8,19H,1-2,4,9-18H2,(H2,27,31). The molecule has 1 heterocycles. The highest BCUT2D eigenvalue weighted by molar-refractivity contribution is 6.30. The molecule has 1 amide bonds. The van der Waals surface area contributed by atoms with Gasteiger partial charge in [0.25, 0.3) is 5.91 Å². The van der Waals surface area contributed by atoms with Crippen molar-refractivity contribution in [3.05, 3.63) is 40.9 Å². The van der Waals surface area contributed by atoms with E-state index in [2.05, 4.69) is 21.9 Å². The molecule has 2 N–H and O–H groups in total. The summed E-state index contributed by atoms with van der Waals surface area (Å²) in [5, 5.41) is 0.769. The van der Waals surface area contributed by atoms with Gasteiger partial charge in [-0.25, -0.2) is 4.79 Å². The van der Waals surface area contributed by atoms with Gasteiger partial charge in [-0.15, -0.1) is 0 Å². The van der Waals surface area contributed by atoms with Crippen LogP contribution in [0.2, 0.25) is 5.02 Å². The number of esters is 1. The summed E-state index contributed by atoms with van der Waals surface area (Å²) in [6.45, 7) is 5.20. The van der Waals surface area contributed by atoms with Crippen LogP contribution in [0.4, 0.5) is 5.69 Å². The van der Waals surface area contributed by atoms with E-state index in [0.717, 1.165) is 76.3 Å². The number of nitrogens with two attached hydrogens (primary N) is 1. The van der Waals surface area contributed by atoms with Gasteiger partial charge in [0.2, 0.25) is 0 Å². The van der Waals surface area contributed by atoms with Crippen molar-refractivity contribution < 1.29 is 14.3 Å². The van der Waals surface area contributed by atoms with Crippen molar-refractivity contribution in [1.82, 2.24) is 4.90 Å². The largest absolute Gasteiger partial charge is 0.446 e. The lowest BCUT2D eigenvalue weighted by atomic mass is 9.77. The van der Waals surface area contributed by atoms with E-state index in [4.69, 9.17) is 22.1 Å². The summed E-state index contributed by atoms with van der Waals surface area (Å²) in [4.78, 5) is 29.6. The number of piperazine rings is 1. The van der Waals surface area contributed by atoms with Crippen LogP contribution >= 0.6 is 11.6 Å². The maximum atomic E-state index is 12.5. The van der Waals surface area contributed by atoms with Gasteiger partial charge in [0, 0.05) is 42.5 Å². The molecule has 6 nitrogen and oxygen atoms in total. The quantitative estimate of drug-likeness (QED) is 0.625. The van der Waals surface area contributed by atoms with Crippen molar-refractivity contribution in [2.45, 2.75) is 57.0 Å². The van der Waals surface area contributed by atoms with E-state index in [9.17, 15) is 9.59 Å². The molecular weight excluding hydrogens is 426 g/mol. The highest BCUT2D eigenvalue weighted by Gasteiger charge is 2.44. The van der Waals surface area contributed by atoms with Gasteiger partial charge in [0.1, 0.15) is 0 Å². The number of benzene rings is 1. The van der Waals surface area contributed by atoms with Crippen molar-refractivity contribution in [2.75, 3.05) is 37.6 Å². The lowest BCUT2D eigenvalue weighted by Crippen LogP contribution is -2.50. The molecule has 2 aliphatic carbocycles. The second-order valence-corrected chi connectivity index (χ2v) is 9.84. The van der Waals surface area contributed by atoms with Gasteiger partial charge in [-0.1, -0.05) is 17.7 Å². The summed E-state index contributed by atoms with van der Waals surface area (Å²) in [7, 11) is 0. The van der Waals surface area contributed by atoms with Crippen molar-refractivity contribution in [2.24, 2.45) is 11.7 Å². The van der Waals surface area contributed by atoms with Crippen LogP contribution in [0.25, 0.3) is 0 Å². The number of hydrogen-bond acceptors (Lipinski definition) is 5. The summed E-state index contributed by atoms with van der Waals surface area (Å²) in [5.41, 5.74) is 6.50. The number of allylic oxidation sites excluding steroid dienone is 1. The third-order valence-corrected chi connectivity index (χ3v) is 7.62. The van der Waals surface area contributed by atoms with Crippen molar-refractivity contribution >= 4 is 29.2 Å². The molecule has 4 rings (SSSR count). The monoisotopic (exact) mass is 459 g/mol. The summed E-state index contributed by atoms with van der Waals surface area (Å²) in [6.07, 6.45) is 8.48. The van der Waals surface area contributed by atoms with Gasteiger partial charge in [-0.05, 0) is 88.1 Å². The van der Waals surface area contributed by atoms with Crippen LogP contribution in [0, 0.1) is 5.92 Å². The first-order valence-corrected chi connectivity index (χ1v) is 12.3. The maximum Gasteiger partial charge on any atom is 0.334 e. The summed E-state index contributed by atoms with van der Waals surface area (Å²) in [5.74, 6) is -0.305. The van der Waals surface area contributed by atoms with Crippen molar-refractivity contribution in [1.29, 1.82) is 0 Å². The highest BCUT2D eigenvalue weighted by atomic mass is 35.5. The van der Waals surface area contributed by atoms with Crippen LogP contribution in [0.15, 0.2) is 35.9 Å². The molecule has 7 heteroatoms. The predicted octanol–water partition coefficient (Wildman–Crippen LogP) is 3.92. The van der Waals surface area contributed by atoms with Crippen LogP contribution in [-0.2, 0) is 14.3 Å². The van der Waals surface area contributed by atoms with Crippen molar-refractivity contribution in [3.63, 3.8) is 0 Å². The van der Waals surface area contributed by atoms with Crippen LogP contribution in [0.5, 0.6) is 0 Å². The van der Waals surface area contributed by atoms with E-state index < -0.39 is 11.5 Å². The molecule has 1 saturated heterocycles. The number of anilines is 1. The Morgan fingerprint density at radius 2 is 1.78 bits per heavy atom. The average molecular weight is 460 g/mol. The van der Waals surface area contributed by atoms with Gasteiger partial charge < -0.3 is 15.4 Å². The van der Waals surface area contributed by atoms with Crippen LogP contribution < -0.4 is 10.6 Å². The fourth-order valence-electron chi connectivity index (χ4n) is 5.18. The topological polar surface area (TPSA) is 75.9 Å². The number of hydrogen-bond donors (Lipinski definition) is 1. The van der Waals surface area contributed by atoms with E-state index in [1.165, 1.54) is 5.69 Å². The number of carbonyl (C=O) groups excluding carboxylic acids is 2. The summed E-state index contributed by atoms with van der Waals surface area (Å²) >= 11 is 6.00. The Kier molecular flexibility index (Phi) is 7.41. The highest BCUT2D eigenvalue weighted by Crippen LogP contribution is 2.37. The fraction of sp³-hybridized carbons (Fsp3) is 0.600. The molecule has 1 aliphatic heterocycles. The van der Waals surface area contributed by atoms with Crippen LogP contribution in [0.3, 0.4) is 0 Å². The Bertz CT molecular complexity index is 838. The van der Waals surface area contributed by atoms with Gasteiger partial charge in [0.05, 0.1) is 0 Å². The average Bonchev–Trinajstić information content (AvgIpc) is 3.35. The van der Waals surface area contributed by atoms with E-state index in [0.29, 0.717) is 24.3 Å². The number of nitrogens with zero attached hydrogens (tertiary/aromatic N) is 2. The lowest BCUT2D eigenvalue weighted by Gasteiger charge is -2.39. The molecule has 32 heavy (non-hydrogen) atoms. The molecule has 0 radical (unpaired) electrons. The number of primary amides is 1. The fourth-order valence-corrected chi connectivity index (χ4v) is 5.30. The summed E-state index contributed by atoms with van der Waals surface area (Å²) < 4.78 is 5.72. The zero-order chi connectivity index (χ0) is 22.6. The third kappa shape index (κ3) is 5.46. The minimum Gasteiger partial charge on any atom is -0.446 e. The zero-order valence-corrected chi connectivity index (χ0v) is 19.5. The number of halogens is 1. The zero-order valence-electron chi connectivity index (χ0n) is 18.7.